The van der Waals surface area contributed by atoms with E-state index in [-0.39, 0.29) is 23.8 Å². The summed E-state index contributed by atoms with van der Waals surface area (Å²) in [7, 11) is 1.04. The lowest BCUT2D eigenvalue weighted by molar-refractivity contribution is -0.153. The predicted octanol–water partition coefficient (Wildman–Crippen LogP) is 0.823. The Kier molecular flexibility index (Phi) is 6.69. The molecule has 0 aliphatic carbocycles. The van der Waals surface area contributed by atoms with Gasteiger partial charge in [-0.25, -0.2) is 13.2 Å². The van der Waals surface area contributed by atoms with Gasteiger partial charge in [0.25, 0.3) is 0 Å². The van der Waals surface area contributed by atoms with Crippen molar-refractivity contribution in [3.05, 3.63) is 23.8 Å². The van der Waals surface area contributed by atoms with Crippen LogP contribution >= 0.6 is 0 Å². The Balaban J connectivity index is 2.27. The van der Waals surface area contributed by atoms with Crippen LogP contribution in [-0.4, -0.2) is 70.1 Å². The summed E-state index contributed by atoms with van der Waals surface area (Å²) in [5.74, 6) is -0.0473. The average Bonchev–Trinajstić information content (AvgIpc) is 3.00. The van der Waals surface area contributed by atoms with Gasteiger partial charge in [-0.2, -0.15) is 0 Å². The molecular formula is C18H25NO7S. The molecule has 2 rings (SSSR count). The lowest BCUT2D eigenvalue weighted by Gasteiger charge is -2.32. The molecule has 150 valence electrons. The highest BCUT2D eigenvalue weighted by atomic mass is 32.2. The van der Waals surface area contributed by atoms with E-state index in [2.05, 4.69) is 0 Å². The lowest BCUT2D eigenvalue weighted by atomic mass is 10.1. The standard InChI is InChI=1S/C18H25NO7S/c1-12(18(21)26-4)19(14-7-8-27(22,23)11-14)17(20)10-13-5-6-15(24-2)16(9-13)25-3/h5-6,9,12,14H,7-8,10-11H2,1-4H3/t12-,14+/m0/s1. The van der Waals surface area contributed by atoms with Gasteiger partial charge in [0.2, 0.25) is 5.91 Å². The summed E-state index contributed by atoms with van der Waals surface area (Å²) in [6.07, 6.45) is 0.305. The van der Waals surface area contributed by atoms with E-state index in [9.17, 15) is 18.0 Å². The molecule has 1 saturated heterocycles. The third-order valence-corrected chi connectivity index (χ3v) is 6.40. The molecule has 1 amide bonds. The fraction of sp³-hybridized carbons (Fsp3) is 0.556. The topological polar surface area (TPSA) is 99.2 Å². The lowest BCUT2D eigenvalue weighted by Crippen LogP contribution is -2.50. The van der Waals surface area contributed by atoms with Crippen molar-refractivity contribution in [1.82, 2.24) is 4.90 Å². The van der Waals surface area contributed by atoms with Gasteiger partial charge in [-0.15, -0.1) is 0 Å². The Hall–Kier alpha value is -2.29. The molecule has 9 heteroatoms. The van der Waals surface area contributed by atoms with Crippen molar-refractivity contribution >= 4 is 21.7 Å². The van der Waals surface area contributed by atoms with Crippen molar-refractivity contribution in [3.8, 4) is 11.5 Å². The predicted molar refractivity (Wildman–Crippen MR) is 98.6 cm³/mol. The number of ether oxygens (including phenoxy) is 3. The number of nitrogens with zero attached hydrogens (tertiary/aromatic N) is 1. The minimum Gasteiger partial charge on any atom is -0.493 e. The molecule has 1 aromatic carbocycles. The van der Waals surface area contributed by atoms with Crippen LogP contribution in [0.5, 0.6) is 11.5 Å². The molecule has 0 unspecified atom stereocenters. The first kappa shape index (κ1) is 21.0. The van der Waals surface area contributed by atoms with Crippen LogP contribution in [0, 0.1) is 0 Å². The number of methoxy groups -OCH3 is 3. The quantitative estimate of drug-likeness (QED) is 0.626. The summed E-state index contributed by atoms with van der Waals surface area (Å²) in [5, 5.41) is 0. The Morgan fingerprint density at radius 1 is 1.19 bits per heavy atom. The van der Waals surface area contributed by atoms with Crippen LogP contribution in [0.4, 0.5) is 0 Å². The number of sulfone groups is 1. The Morgan fingerprint density at radius 3 is 2.37 bits per heavy atom. The summed E-state index contributed by atoms with van der Waals surface area (Å²) in [6, 6.07) is 3.68. The first-order chi connectivity index (χ1) is 12.7. The maximum atomic E-state index is 13.0. The van der Waals surface area contributed by atoms with Crippen molar-refractivity contribution in [3.63, 3.8) is 0 Å². The first-order valence-corrected chi connectivity index (χ1v) is 10.3. The number of hydrogen-bond donors (Lipinski definition) is 0. The molecule has 0 saturated carbocycles. The first-order valence-electron chi connectivity index (χ1n) is 8.52. The van der Waals surface area contributed by atoms with E-state index in [4.69, 9.17) is 14.2 Å². The van der Waals surface area contributed by atoms with Gasteiger partial charge in [-0.1, -0.05) is 6.07 Å². The summed E-state index contributed by atoms with van der Waals surface area (Å²) >= 11 is 0. The minimum absolute atomic E-state index is 0.00175. The maximum absolute atomic E-state index is 13.0. The second-order valence-electron chi connectivity index (χ2n) is 6.42. The Bertz CT molecular complexity index is 806. The average molecular weight is 399 g/mol. The molecular weight excluding hydrogens is 374 g/mol. The van der Waals surface area contributed by atoms with Gasteiger partial charge in [0.05, 0.1) is 39.3 Å². The molecule has 2 atom stereocenters. The molecule has 8 nitrogen and oxygen atoms in total. The minimum atomic E-state index is -3.22. The van der Waals surface area contributed by atoms with E-state index in [0.29, 0.717) is 23.5 Å². The molecule has 1 heterocycles. The summed E-state index contributed by atoms with van der Waals surface area (Å²) < 4.78 is 38.9. The second kappa shape index (κ2) is 8.60. The van der Waals surface area contributed by atoms with E-state index >= 15 is 0 Å². The molecule has 1 aliphatic heterocycles. The fourth-order valence-corrected chi connectivity index (χ4v) is 4.98. The number of carbonyl (C=O) groups is 2. The van der Waals surface area contributed by atoms with Crippen LogP contribution < -0.4 is 9.47 Å². The molecule has 0 radical (unpaired) electrons. The van der Waals surface area contributed by atoms with Crippen molar-refractivity contribution in [2.24, 2.45) is 0 Å². The van der Waals surface area contributed by atoms with E-state index in [1.54, 1.807) is 25.1 Å². The van der Waals surface area contributed by atoms with Crippen molar-refractivity contribution < 1.29 is 32.2 Å². The van der Waals surface area contributed by atoms with Crippen molar-refractivity contribution in [1.29, 1.82) is 0 Å². The van der Waals surface area contributed by atoms with Crippen LogP contribution in [0.1, 0.15) is 18.9 Å². The molecule has 1 aliphatic rings. The van der Waals surface area contributed by atoms with Gasteiger partial charge in [0.15, 0.2) is 21.3 Å². The summed E-state index contributed by atoms with van der Waals surface area (Å²) in [6.45, 7) is 1.54. The molecule has 0 N–H and O–H groups in total. The third kappa shape index (κ3) is 4.91. The van der Waals surface area contributed by atoms with E-state index in [1.807, 2.05) is 0 Å². The van der Waals surface area contributed by atoms with Gasteiger partial charge >= 0.3 is 5.97 Å². The Labute approximate surface area is 159 Å². The zero-order chi connectivity index (χ0) is 20.2. The Morgan fingerprint density at radius 2 is 1.85 bits per heavy atom. The fourth-order valence-electron chi connectivity index (χ4n) is 3.27. The number of esters is 1. The van der Waals surface area contributed by atoms with E-state index in [0.717, 1.165) is 0 Å². The van der Waals surface area contributed by atoms with E-state index < -0.39 is 27.9 Å². The van der Waals surface area contributed by atoms with Gasteiger partial charge < -0.3 is 19.1 Å². The smallest absolute Gasteiger partial charge is 0.328 e. The number of amides is 1. The van der Waals surface area contributed by atoms with Gasteiger partial charge in [-0.05, 0) is 31.0 Å². The zero-order valence-corrected chi connectivity index (χ0v) is 16.7. The van der Waals surface area contributed by atoms with E-state index in [1.165, 1.54) is 26.2 Å². The number of hydrogen-bond acceptors (Lipinski definition) is 7. The van der Waals surface area contributed by atoms with Crippen LogP contribution in [0.25, 0.3) is 0 Å². The van der Waals surface area contributed by atoms with Crippen LogP contribution in [0.15, 0.2) is 18.2 Å². The second-order valence-corrected chi connectivity index (χ2v) is 8.65. The molecule has 1 aromatic rings. The molecule has 0 spiro atoms. The van der Waals surface area contributed by atoms with Crippen LogP contribution in [-0.2, 0) is 30.6 Å². The largest absolute Gasteiger partial charge is 0.493 e. The molecule has 27 heavy (non-hydrogen) atoms. The number of rotatable bonds is 7. The van der Waals surface area contributed by atoms with Crippen LogP contribution in [0.2, 0.25) is 0 Å². The van der Waals surface area contributed by atoms with Crippen molar-refractivity contribution in [2.45, 2.75) is 31.8 Å². The van der Waals surface area contributed by atoms with Gasteiger partial charge in [0, 0.05) is 6.04 Å². The normalized spacial score (nSPS) is 19.2. The molecule has 0 bridgehead atoms. The third-order valence-electron chi connectivity index (χ3n) is 4.65. The SMILES string of the molecule is COC(=O)[C@H](C)N(C(=O)Cc1ccc(OC)c(OC)c1)[C@@H]1CCS(=O)(=O)C1. The molecule has 1 fully saturated rings. The summed E-state index contributed by atoms with van der Waals surface area (Å²) in [4.78, 5) is 26.3. The molecule has 0 aromatic heterocycles. The summed E-state index contributed by atoms with van der Waals surface area (Å²) in [5.41, 5.74) is 0.667. The monoisotopic (exact) mass is 399 g/mol. The highest BCUT2D eigenvalue weighted by Gasteiger charge is 2.39. The number of benzene rings is 1. The van der Waals surface area contributed by atoms with Crippen molar-refractivity contribution in [2.75, 3.05) is 32.8 Å². The van der Waals surface area contributed by atoms with Gasteiger partial charge in [0.1, 0.15) is 6.04 Å². The van der Waals surface area contributed by atoms with Gasteiger partial charge in [-0.3, -0.25) is 4.79 Å². The van der Waals surface area contributed by atoms with Crippen LogP contribution in [0.3, 0.4) is 0 Å². The highest BCUT2D eigenvalue weighted by molar-refractivity contribution is 7.91. The zero-order valence-electron chi connectivity index (χ0n) is 15.9. The maximum Gasteiger partial charge on any atom is 0.328 e. The highest BCUT2D eigenvalue weighted by Crippen LogP contribution is 2.28. The number of carbonyl (C=O) groups excluding carboxylic acids is 2.